The highest BCUT2D eigenvalue weighted by molar-refractivity contribution is 5.98. The van der Waals surface area contributed by atoms with Crippen LogP contribution in [-0.4, -0.2) is 151 Å². The van der Waals surface area contributed by atoms with E-state index in [-0.39, 0.29) is 55.9 Å². The third-order valence-electron chi connectivity index (χ3n) is 13.7. The average Bonchev–Trinajstić information content (AvgIpc) is 3.38. The predicted molar refractivity (Wildman–Crippen MR) is 275 cm³/mol. The molecule has 2 aliphatic heterocycles. The molecule has 5 rings (SSSR count). The number of carbonyl (C=O) groups excluding carboxylic acids is 9. The number of nitrogens with zero attached hydrogens (tertiary/aromatic N) is 2. The first-order chi connectivity index (χ1) is 36.0. The van der Waals surface area contributed by atoms with Crippen LogP contribution in [0.3, 0.4) is 0 Å². The van der Waals surface area contributed by atoms with Gasteiger partial charge in [-0.25, -0.2) is 4.79 Å². The van der Waals surface area contributed by atoms with E-state index in [0.717, 1.165) is 4.90 Å². The number of primary amides is 1. The molecule has 2 heterocycles. The summed E-state index contributed by atoms with van der Waals surface area (Å²) in [5, 5.41) is 55.1. The van der Waals surface area contributed by atoms with Gasteiger partial charge in [0.15, 0.2) is 0 Å². The quantitative estimate of drug-likeness (QED) is 0.0817. The van der Waals surface area contributed by atoms with Gasteiger partial charge < -0.3 is 67.3 Å². The summed E-state index contributed by atoms with van der Waals surface area (Å²) in [6.07, 6.45) is -6.21. The van der Waals surface area contributed by atoms with Gasteiger partial charge in [-0.1, -0.05) is 88.7 Å². The maximum absolute atomic E-state index is 14.9. The second kappa shape index (κ2) is 27.3. The lowest BCUT2D eigenvalue weighted by atomic mass is 9.94. The lowest BCUT2D eigenvalue weighted by Crippen LogP contribution is -2.65. The van der Waals surface area contributed by atoms with Crippen molar-refractivity contribution in [3.05, 3.63) is 95.6 Å². The van der Waals surface area contributed by atoms with Gasteiger partial charge in [0, 0.05) is 32.7 Å². The number of hydrogen-bond acceptors (Lipinski definition) is 14. The van der Waals surface area contributed by atoms with Crippen LogP contribution < -0.4 is 32.3 Å². The summed E-state index contributed by atoms with van der Waals surface area (Å²) in [6, 6.07) is 9.45. The highest BCUT2D eigenvalue weighted by Gasteiger charge is 2.46. The number of likely N-dealkylation sites (N-methyl/N-ethyl adjacent to an activating group) is 1. The molecule has 3 unspecified atom stereocenters. The molecule has 8 amide bonds. The molecule has 2 aliphatic rings. The van der Waals surface area contributed by atoms with Crippen molar-refractivity contribution in [2.24, 2.45) is 17.6 Å². The number of carbonyl (C=O) groups is 9. The van der Waals surface area contributed by atoms with E-state index in [1.807, 2.05) is 13.8 Å². The van der Waals surface area contributed by atoms with Crippen molar-refractivity contribution in [3.8, 4) is 11.5 Å². The first kappa shape index (κ1) is 59.3. The van der Waals surface area contributed by atoms with E-state index in [2.05, 4.69) is 26.6 Å². The van der Waals surface area contributed by atoms with E-state index in [1.165, 1.54) is 67.4 Å². The number of aromatic hydroxyl groups is 2. The van der Waals surface area contributed by atoms with E-state index < -0.39 is 133 Å². The number of cyclic esters (lactones) is 1. The Morgan fingerprint density at radius 2 is 1.37 bits per heavy atom. The molecule has 11 N–H and O–H groups in total. The van der Waals surface area contributed by atoms with Crippen molar-refractivity contribution < 1.29 is 68.3 Å². The van der Waals surface area contributed by atoms with Crippen LogP contribution in [0.2, 0.25) is 0 Å². The molecule has 0 radical (unpaired) electrons. The number of ether oxygens (including phenoxy) is 1. The third-order valence-corrected chi connectivity index (χ3v) is 13.7. The molecule has 0 saturated carbocycles. The van der Waals surface area contributed by atoms with E-state index in [9.17, 15) is 63.6 Å². The molecule has 0 aromatic heterocycles. The SMILES string of the molecule is CC[C@H](C)[C@@H]1NC(=O)[C@H](Cc2ccccc2)N(C)C(=O)C(CC(C)C)N2C(=O)[C@H](CC[C@H]2O)NC(=O)C(Cc2ccc(O)cc2)NC(=O)C(NC(=O)[C@H](CCC(N)=O)NC(=O)[C@H](O)Cc2ccc(O)cc2)[C@@H](C)OC1=O. The Hall–Kier alpha value is -7.59. The number of aliphatic hydroxyl groups excluding tert-OH is 2. The Kier molecular flexibility index (Phi) is 21.3. The lowest BCUT2D eigenvalue weighted by molar-refractivity contribution is -0.166. The molecule has 22 heteroatoms. The molecule has 0 spiro atoms. The van der Waals surface area contributed by atoms with Gasteiger partial charge in [0.25, 0.3) is 0 Å². The molecule has 11 atom stereocenters. The van der Waals surface area contributed by atoms with Crippen LogP contribution >= 0.6 is 0 Å². The van der Waals surface area contributed by atoms with Gasteiger partial charge in [-0.05, 0) is 85.4 Å². The Bertz CT molecular complexity index is 2530. The molecule has 76 heavy (non-hydrogen) atoms. The Balaban J connectivity index is 1.61. The molecular weight excluding hydrogens is 985 g/mol. The number of piperidine rings is 1. The summed E-state index contributed by atoms with van der Waals surface area (Å²) < 4.78 is 5.96. The summed E-state index contributed by atoms with van der Waals surface area (Å²) >= 11 is 0. The zero-order chi connectivity index (χ0) is 56.0. The number of esters is 1. The number of amides is 8. The number of nitrogens with one attached hydrogen (secondary N) is 5. The normalized spacial score (nSPS) is 24.3. The van der Waals surface area contributed by atoms with Gasteiger partial charge >= 0.3 is 5.97 Å². The maximum Gasteiger partial charge on any atom is 0.329 e. The molecule has 22 nitrogen and oxygen atoms in total. The van der Waals surface area contributed by atoms with Gasteiger partial charge in [0.2, 0.25) is 47.3 Å². The molecular formula is C54H72N8O14. The van der Waals surface area contributed by atoms with Gasteiger partial charge in [-0.3, -0.25) is 38.4 Å². The monoisotopic (exact) mass is 1060 g/mol. The summed E-state index contributed by atoms with van der Waals surface area (Å²) in [4.78, 5) is 130. The summed E-state index contributed by atoms with van der Waals surface area (Å²) in [5.41, 5.74) is 6.93. The molecule has 3 aromatic carbocycles. The number of nitrogens with two attached hydrogens (primary N) is 1. The zero-order valence-electron chi connectivity index (χ0n) is 43.6. The number of phenols is 2. The van der Waals surface area contributed by atoms with Crippen LogP contribution in [0, 0.1) is 11.8 Å². The standard InChI is InChI=1S/C54H72N8O14/c1-7-30(4)45-54(75)76-31(5)46(60-47(68)37(21-23-43(55)66)56-50(71)42(65)28-34-15-19-36(64)20-16-34)51(72)58-39(26-33-13-17-35(63)18-14-33)48(69)57-38-22-24-44(67)62(52(38)73)41(25-29(2)3)53(74)61(6)40(49(70)59-45)27-32-11-9-8-10-12-32/h8-20,29-31,37-42,44-46,63-65,67H,7,21-28H2,1-6H3,(H2,55,66)(H,56,71)(H,57,69)(H,58,72)(H,59,70)(H,60,68)/t30-,31+,37-,38-,39?,40-,41?,42+,44+,45-,46?/m0/s1. The van der Waals surface area contributed by atoms with Crippen molar-refractivity contribution in [2.75, 3.05) is 7.05 Å². The predicted octanol–water partition coefficient (Wildman–Crippen LogP) is 0.350. The Labute approximate surface area is 441 Å². The van der Waals surface area contributed by atoms with Crippen LogP contribution in [0.4, 0.5) is 0 Å². The van der Waals surface area contributed by atoms with Gasteiger partial charge in [-0.15, -0.1) is 0 Å². The van der Waals surface area contributed by atoms with Crippen LogP contribution in [0.15, 0.2) is 78.9 Å². The smallest absolute Gasteiger partial charge is 0.329 e. The van der Waals surface area contributed by atoms with Crippen LogP contribution in [0.25, 0.3) is 0 Å². The fourth-order valence-electron chi connectivity index (χ4n) is 9.09. The summed E-state index contributed by atoms with van der Waals surface area (Å²) in [7, 11) is 1.39. The second-order valence-corrected chi connectivity index (χ2v) is 20.0. The number of benzene rings is 3. The molecule has 0 aliphatic carbocycles. The lowest BCUT2D eigenvalue weighted by Gasteiger charge is -2.43. The summed E-state index contributed by atoms with van der Waals surface area (Å²) in [6.45, 7) is 8.30. The number of fused-ring (bicyclic) bond motifs is 2. The molecule has 2 fully saturated rings. The Morgan fingerprint density at radius 1 is 0.763 bits per heavy atom. The molecule has 412 valence electrons. The molecule has 3 aromatic rings. The zero-order valence-corrected chi connectivity index (χ0v) is 43.6. The van der Waals surface area contributed by atoms with Crippen molar-refractivity contribution in [1.82, 2.24) is 36.4 Å². The fourth-order valence-corrected chi connectivity index (χ4v) is 9.09. The minimum Gasteiger partial charge on any atom is -0.508 e. The maximum atomic E-state index is 14.9. The number of rotatable bonds is 17. The van der Waals surface area contributed by atoms with E-state index in [1.54, 1.807) is 44.2 Å². The number of aliphatic hydroxyl groups is 2. The first-order valence-electron chi connectivity index (χ1n) is 25.5. The second-order valence-electron chi connectivity index (χ2n) is 20.0. The average molecular weight is 1060 g/mol. The van der Waals surface area contributed by atoms with Gasteiger partial charge in [0.05, 0.1) is 0 Å². The molecule has 2 saturated heterocycles. The van der Waals surface area contributed by atoms with E-state index >= 15 is 0 Å². The van der Waals surface area contributed by atoms with Crippen molar-refractivity contribution in [3.63, 3.8) is 0 Å². The van der Waals surface area contributed by atoms with E-state index in [4.69, 9.17) is 10.5 Å². The van der Waals surface area contributed by atoms with Crippen molar-refractivity contribution in [2.45, 2.75) is 153 Å². The Morgan fingerprint density at radius 3 is 1.96 bits per heavy atom. The van der Waals surface area contributed by atoms with E-state index in [0.29, 0.717) is 23.1 Å². The first-order valence-corrected chi connectivity index (χ1v) is 25.5. The van der Waals surface area contributed by atoms with Crippen molar-refractivity contribution in [1.29, 1.82) is 0 Å². The largest absolute Gasteiger partial charge is 0.508 e. The van der Waals surface area contributed by atoms with Gasteiger partial charge in [0.1, 0.15) is 72.2 Å². The van der Waals surface area contributed by atoms with Crippen molar-refractivity contribution >= 4 is 53.2 Å². The van der Waals surface area contributed by atoms with Crippen LogP contribution in [-0.2, 0) is 67.2 Å². The minimum atomic E-state index is -1.91. The number of phenolic OH excluding ortho intramolecular Hbond substituents is 2. The van der Waals surface area contributed by atoms with Crippen LogP contribution in [0.5, 0.6) is 11.5 Å². The minimum absolute atomic E-state index is 0.0339. The number of hydrogen-bond donors (Lipinski definition) is 10. The summed E-state index contributed by atoms with van der Waals surface area (Å²) in [5.74, 6) is -9.50. The fraction of sp³-hybridized carbons (Fsp3) is 0.500. The highest BCUT2D eigenvalue weighted by atomic mass is 16.5. The molecule has 2 bridgehead atoms. The highest BCUT2D eigenvalue weighted by Crippen LogP contribution is 2.27. The van der Waals surface area contributed by atoms with Gasteiger partial charge in [-0.2, -0.15) is 0 Å². The van der Waals surface area contributed by atoms with Crippen LogP contribution in [0.1, 0.15) is 89.8 Å². The topological polar surface area (TPSA) is 336 Å². The third kappa shape index (κ3) is 16.2.